The van der Waals surface area contributed by atoms with Crippen LogP contribution in [0.4, 0.5) is 0 Å². The number of carbonyl (C=O) groups excluding carboxylic acids is 1. The van der Waals surface area contributed by atoms with Gasteiger partial charge in [-0.3, -0.25) is 4.79 Å². The number of nitrogens with zero attached hydrogens (tertiary/aromatic N) is 1. The third-order valence-corrected chi connectivity index (χ3v) is 4.83. The van der Waals surface area contributed by atoms with Gasteiger partial charge in [0.15, 0.2) is 0 Å². The Morgan fingerprint density at radius 2 is 1.68 bits per heavy atom. The third-order valence-electron chi connectivity index (χ3n) is 4.83. The summed E-state index contributed by atoms with van der Waals surface area (Å²) in [6.45, 7) is 9.63. The summed E-state index contributed by atoms with van der Waals surface area (Å²) in [5, 5.41) is 0. The predicted molar refractivity (Wildman–Crippen MR) is 97.7 cm³/mol. The molecular formula is C20H31NO4. The average molecular weight is 349 g/mol. The largest absolute Gasteiger partial charge is 0.465 e. The summed E-state index contributed by atoms with van der Waals surface area (Å²) in [7, 11) is 0. The Bertz CT molecular complexity index is 498. The number of hydrogen-bond donors (Lipinski definition) is 0. The van der Waals surface area contributed by atoms with E-state index in [1.165, 1.54) is 0 Å². The Morgan fingerprint density at radius 1 is 1.00 bits per heavy atom. The highest BCUT2D eigenvalue weighted by molar-refractivity contribution is 5.83. The minimum Gasteiger partial charge on any atom is -0.465 e. The standard InChI is InChI=1S/C20H31NO4/c1-3-23-16-17-24-15-14-21-12-10-20(11-13-21,19(22)25-4-2)18-8-6-5-7-9-18/h5-9H,3-4,10-17H2,1-2H3. The first-order valence-corrected chi connectivity index (χ1v) is 9.33. The summed E-state index contributed by atoms with van der Waals surface area (Å²) < 4.78 is 16.3. The predicted octanol–water partition coefficient (Wildman–Crippen LogP) is 2.64. The summed E-state index contributed by atoms with van der Waals surface area (Å²) in [5.74, 6) is -0.0891. The van der Waals surface area contributed by atoms with Gasteiger partial charge in [-0.05, 0) is 45.3 Å². The van der Waals surface area contributed by atoms with Gasteiger partial charge < -0.3 is 19.1 Å². The van der Waals surface area contributed by atoms with Gasteiger partial charge in [0, 0.05) is 13.2 Å². The normalized spacial score (nSPS) is 17.4. The first kappa shape index (κ1) is 19.9. The van der Waals surface area contributed by atoms with E-state index in [0.29, 0.717) is 26.4 Å². The highest BCUT2D eigenvalue weighted by Gasteiger charge is 2.43. The van der Waals surface area contributed by atoms with E-state index in [0.717, 1.165) is 44.6 Å². The number of rotatable bonds is 10. The van der Waals surface area contributed by atoms with Crippen molar-refractivity contribution < 1.29 is 19.0 Å². The van der Waals surface area contributed by atoms with Gasteiger partial charge in [0.2, 0.25) is 0 Å². The van der Waals surface area contributed by atoms with Crippen LogP contribution in [-0.4, -0.2) is 63.5 Å². The molecule has 1 fully saturated rings. The van der Waals surface area contributed by atoms with Crippen LogP contribution in [0, 0.1) is 0 Å². The van der Waals surface area contributed by atoms with Crippen LogP contribution in [0.1, 0.15) is 32.3 Å². The van der Waals surface area contributed by atoms with Crippen molar-refractivity contribution in [2.75, 3.05) is 52.7 Å². The lowest BCUT2D eigenvalue weighted by Crippen LogP contribution is -2.48. The van der Waals surface area contributed by atoms with Crippen LogP contribution in [0.15, 0.2) is 30.3 Å². The monoisotopic (exact) mass is 349 g/mol. The zero-order chi connectivity index (χ0) is 18.0. The Labute approximate surface area is 151 Å². The second kappa shape index (κ2) is 10.5. The zero-order valence-electron chi connectivity index (χ0n) is 15.5. The molecular weight excluding hydrogens is 318 g/mol. The number of likely N-dealkylation sites (tertiary alicyclic amines) is 1. The molecule has 0 aliphatic carbocycles. The summed E-state index contributed by atoms with van der Waals surface area (Å²) in [6.07, 6.45) is 1.57. The Kier molecular flexibility index (Phi) is 8.38. The minimum absolute atomic E-state index is 0.0891. The van der Waals surface area contributed by atoms with Gasteiger partial charge in [-0.25, -0.2) is 0 Å². The van der Waals surface area contributed by atoms with Crippen molar-refractivity contribution in [3.05, 3.63) is 35.9 Å². The van der Waals surface area contributed by atoms with Crippen molar-refractivity contribution >= 4 is 5.97 Å². The molecule has 0 N–H and O–H groups in total. The maximum Gasteiger partial charge on any atom is 0.316 e. The topological polar surface area (TPSA) is 48.0 Å². The van der Waals surface area contributed by atoms with E-state index >= 15 is 0 Å². The maximum absolute atomic E-state index is 12.7. The van der Waals surface area contributed by atoms with Gasteiger partial charge in [-0.2, -0.15) is 0 Å². The first-order valence-electron chi connectivity index (χ1n) is 9.33. The SMILES string of the molecule is CCOCCOCCN1CCC(C(=O)OCC)(c2ccccc2)CC1. The molecule has 140 valence electrons. The van der Waals surface area contributed by atoms with Crippen molar-refractivity contribution in [3.8, 4) is 0 Å². The number of piperidine rings is 1. The second-order valence-electron chi connectivity index (χ2n) is 6.32. The summed E-state index contributed by atoms with van der Waals surface area (Å²) >= 11 is 0. The fourth-order valence-electron chi connectivity index (χ4n) is 3.35. The van der Waals surface area contributed by atoms with Crippen LogP contribution in [0.3, 0.4) is 0 Å². The van der Waals surface area contributed by atoms with Crippen LogP contribution in [0.5, 0.6) is 0 Å². The van der Waals surface area contributed by atoms with Crippen LogP contribution >= 0.6 is 0 Å². The summed E-state index contributed by atoms with van der Waals surface area (Å²) in [5.41, 5.74) is 0.560. The summed E-state index contributed by atoms with van der Waals surface area (Å²) in [4.78, 5) is 15.1. The van der Waals surface area contributed by atoms with E-state index in [1.54, 1.807) is 0 Å². The quantitative estimate of drug-likeness (QED) is 0.480. The fraction of sp³-hybridized carbons (Fsp3) is 0.650. The van der Waals surface area contributed by atoms with Gasteiger partial charge >= 0.3 is 5.97 Å². The molecule has 1 saturated heterocycles. The summed E-state index contributed by atoms with van der Waals surface area (Å²) in [6, 6.07) is 10.1. The lowest BCUT2D eigenvalue weighted by Gasteiger charge is -2.40. The fourth-order valence-corrected chi connectivity index (χ4v) is 3.35. The van der Waals surface area contributed by atoms with Crippen molar-refractivity contribution in [1.29, 1.82) is 0 Å². The Hall–Kier alpha value is -1.43. The van der Waals surface area contributed by atoms with E-state index in [2.05, 4.69) is 4.90 Å². The van der Waals surface area contributed by atoms with E-state index in [1.807, 2.05) is 44.2 Å². The molecule has 0 radical (unpaired) electrons. The van der Waals surface area contributed by atoms with E-state index in [9.17, 15) is 4.79 Å². The van der Waals surface area contributed by atoms with Gasteiger partial charge in [0.1, 0.15) is 0 Å². The molecule has 0 atom stereocenters. The van der Waals surface area contributed by atoms with Crippen molar-refractivity contribution in [1.82, 2.24) is 4.90 Å². The van der Waals surface area contributed by atoms with Crippen LogP contribution < -0.4 is 0 Å². The molecule has 5 nitrogen and oxygen atoms in total. The van der Waals surface area contributed by atoms with E-state index < -0.39 is 5.41 Å². The number of benzene rings is 1. The zero-order valence-corrected chi connectivity index (χ0v) is 15.5. The lowest BCUT2D eigenvalue weighted by atomic mass is 9.72. The number of carbonyl (C=O) groups is 1. The molecule has 0 unspecified atom stereocenters. The molecule has 1 aliphatic heterocycles. The Morgan fingerprint density at radius 3 is 2.32 bits per heavy atom. The lowest BCUT2D eigenvalue weighted by molar-refractivity contribution is -0.152. The molecule has 2 rings (SSSR count). The molecule has 0 bridgehead atoms. The molecule has 1 aromatic carbocycles. The van der Waals surface area contributed by atoms with Gasteiger partial charge in [-0.1, -0.05) is 30.3 Å². The highest BCUT2D eigenvalue weighted by Crippen LogP contribution is 2.36. The molecule has 1 aromatic rings. The molecule has 0 spiro atoms. The third kappa shape index (κ3) is 5.53. The molecule has 1 aliphatic rings. The molecule has 0 amide bonds. The van der Waals surface area contributed by atoms with Crippen LogP contribution in [-0.2, 0) is 24.4 Å². The van der Waals surface area contributed by atoms with Gasteiger partial charge in [0.25, 0.3) is 0 Å². The van der Waals surface area contributed by atoms with Crippen molar-refractivity contribution in [2.45, 2.75) is 32.1 Å². The second-order valence-corrected chi connectivity index (χ2v) is 6.32. The van der Waals surface area contributed by atoms with Crippen molar-refractivity contribution in [3.63, 3.8) is 0 Å². The maximum atomic E-state index is 12.7. The first-order chi connectivity index (χ1) is 12.2. The molecule has 5 heteroatoms. The van der Waals surface area contributed by atoms with E-state index in [4.69, 9.17) is 14.2 Å². The number of esters is 1. The van der Waals surface area contributed by atoms with Gasteiger partial charge in [0.05, 0.1) is 31.8 Å². The smallest absolute Gasteiger partial charge is 0.316 e. The van der Waals surface area contributed by atoms with E-state index in [-0.39, 0.29) is 5.97 Å². The number of ether oxygens (including phenoxy) is 3. The molecule has 0 saturated carbocycles. The molecule has 25 heavy (non-hydrogen) atoms. The van der Waals surface area contributed by atoms with Crippen LogP contribution in [0.2, 0.25) is 0 Å². The Balaban J connectivity index is 1.88. The number of hydrogen-bond acceptors (Lipinski definition) is 5. The van der Waals surface area contributed by atoms with Crippen molar-refractivity contribution in [2.24, 2.45) is 0 Å². The minimum atomic E-state index is -0.510. The molecule has 0 aromatic heterocycles. The van der Waals surface area contributed by atoms with Gasteiger partial charge in [-0.15, -0.1) is 0 Å². The highest BCUT2D eigenvalue weighted by atomic mass is 16.5. The van der Waals surface area contributed by atoms with Crippen LogP contribution in [0.25, 0.3) is 0 Å². The molecule has 1 heterocycles. The average Bonchev–Trinajstić information content (AvgIpc) is 2.66.